The Labute approximate surface area is 122 Å². The number of nitrogens with zero attached hydrogens (tertiary/aromatic N) is 1. The van der Waals surface area contributed by atoms with Crippen LogP contribution >= 0.6 is 0 Å². The highest BCUT2D eigenvalue weighted by atomic mass is 16.2. The van der Waals surface area contributed by atoms with E-state index in [1.807, 2.05) is 31.3 Å². The molecule has 0 aliphatic heterocycles. The quantitative estimate of drug-likeness (QED) is 0.855. The van der Waals surface area contributed by atoms with Crippen molar-refractivity contribution in [1.29, 1.82) is 0 Å². The summed E-state index contributed by atoms with van der Waals surface area (Å²) in [6.45, 7) is 0.469. The second-order valence-corrected chi connectivity index (χ2v) is 5.85. The molecule has 110 valence electrons. The van der Waals surface area contributed by atoms with Gasteiger partial charge in [-0.2, -0.15) is 0 Å². The van der Waals surface area contributed by atoms with Gasteiger partial charge in [-0.05, 0) is 30.4 Å². The lowest BCUT2D eigenvalue weighted by Crippen LogP contribution is -2.29. The van der Waals surface area contributed by atoms with Crippen molar-refractivity contribution < 1.29 is 4.79 Å². The summed E-state index contributed by atoms with van der Waals surface area (Å²) >= 11 is 0. The van der Waals surface area contributed by atoms with Crippen molar-refractivity contribution in [2.24, 2.45) is 11.7 Å². The van der Waals surface area contributed by atoms with Gasteiger partial charge in [0.15, 0.2) is 0 Å². The molecule has 1 aliphatic rings. The lowest BCUT2D eigenvalue weighted by molar-refractivity contribution is -0.119. The fourth-order valence-corrected chi connectivity index (χ4v) is 3.10. The molecule has 1 aliphatic carbocycles. The number of carbonyl (C=O) groups excluding carboxylic acids is 1. The Kier molecular flexibility index (Phi) is 5.60. The van der Waals surface area contributed by atoms with E-state index in [1.165, 1.54) is 38.5 Å². The lowest BCUT2D eigenvalue weighted by atomic mass is 9.96. The summed E-state index contributed by atoms with van der Waals surface area (Å²) < 4.78 is 0. The van der Waals surface area contributed by atoms with Gasteiger partial charge in [0, 0.05) is 25.7 Å². The van der Waals surface area contributed by atoms with Crippen LogP contribution in [0.3, 0.4) is 0 Å². The smallest absolute Gasteiger partial charge is 0.227 e. The molecule has 0 atom stereocenters. The molecule has 3 nitrogen and oxygen atoms in total. The van der Waals surface area contributed by atoms with Gasteiger partial charge in [-0.25, -0.2) is 0 Å². The first kappa shape index (κ1) is 15.0. The average Bonchev–Trinajstić information content (AvgIpc) is 2.75. The van der Waals surface area contributed by atoms with Gasteiger partial charge in [-0.15, -0.1) is 0 Å². The predicted octanol–water partition coefficient (Wildman–Crippen LogP) is 3.47. The van der Waals surface area contributed by atoms with Crippen molar-refractivity contribution in [2.75, 3.05) is 11.9 Å². The van der Waals surface area contributed by atoms with Crippen LogP contribution < -0.4 is 10.6 Å². The fourth-order valence-electron chi connectivity index (χ4n) is 3.10. The molecule has 20 heavy (non-hydrogen) atoms. The van der Waals surface area contributed by atoms with Crippen molar-refractivity contribution in [3.63, 3.8) is 0 Å². The second-order valence-electron chi connectivity index (χ2n) is 5.85. The zero-order valence-electron chi connectivity index (χ0n) is 12.5. The van der Waals surface area contributed by atoms with Crippen LogP contribution in [0.2, 0.25) is 0 Å². The number of nitrogens with two attached hydrogens (primary N) is 1. The molecule has 1 aromatic rings. The van der Waals surface area contributed by atoms with Crippen LogP contribution in [-0.4, -0.2) is 13.0 Å². The molecule has 1 fully saturated rings. The van der Waals surface area contributed by atoms with Crippen molar-refractivity contribution >= 4 is 11.6 Å². The molecule has 0 bridgehead atoms. The van der Waals surface area contributed by atoms with E-state index in [9.17, 15) is 4.79 Å². The maximum Gasteiger partial charge on any atom is 0.227 e. The molecule has 0 radical (unpaired) electrons. The maximum atomic E-state index is 12.5. The SMILES string of the molecule is CN(C(=O)CC1CCCCCC1)c1ccccc1CN. The van der Waals surface area contributed by atoms with Crippen LogP contribution in [0.15, 0.2) is 24.3 Å². The zero-order valence-corrected chi connectivity index (χ0v) is 12.5. The third-order valence-corrected chi connectivity index (χ3v) is 4.39. The first-order valence-corrected chi connectivity index (χ1v) is 7.77. The van der Waals surface area contributed by atoms with E-state index in [4.69, 9.17) is 5.73 Å². The summed E-state index contributed by atoms with van der Waals surface area (Å²) in [4.78, 5) is 14.3. The van der Waals surface area contributed by atoms with Crippen LogP contribution in [0.5, 0.6) is 0 Å². The zero-order chi connectivity index (χ0) is 14.4. The molecule has 0 spiro atoms. The number of carbonyl (C=O) groups is 1. The van der Waals surface area contributed by atoms with Gasteiger partial charge in [-0.3, -0.25) is 4.79 Å². The molecule has 1 saturated carbocycles. The highest BCUT2D eigenvalue weighted by molar-refractivity contribution is 5.93. The van der Waals surface area contributed by atoms with Gasteiger partial charge < -0.3 is 10.6 Å². The van der Waals surface area contributed by atoms with Gasteiger partial charge in [0.2, 0.25) is 5.91 Å². The monoisotopic (exact) mass is 274 g/mol. The number of hydrogen-bond acceptors (Lipinski definition) is 2. The van der Waals surface area contributed by atoms with E-state index in [1.54, 1.807) is 4.90 Å². The minimum Gasteiger partial charge on any atom is -0.326 e. The molecule has 2 N–H and O–H groups in total. The van der Waals surface area contributed by atoms with Crippen molar-refractivity contribution in [3.8, 4) is 0 Å². The number of anilines is 1. The van der Waals surface area contributed by atoms with Crippen LogP contribution in [0.4, 0.5) is 5.69 Å². The summed E-state index contributed by atoms with van der Waals surface area (Å²) in [5.74, 6) is 0.787. The Balaban J connectivity index is 2.00. The first-order chi connectivity index (χ1) is 9.72. The van der Waals surface area contributed by atoms with Crippen LogP contribution in [-0.2, 0) is 11.3 Å². The maximum absolute atomic E-state index is 12.5. The Morgan fingerprint density at radius 3 is 2.50 bits per heavy atom. The minimum absolute atomic E-state index is 0.220. The number of para-hydroxylation sites is 1. The summed E-state index contributed by atoms with van der Waals surface area (Å²) in [5, 5.41) is 0. The third kappa shape index (κ3) is 3.83. The van der Waals surface area contributed by atoms with Gasteiger partial charge >= 0.3 is 0 Å². The van der Waals surface area contributed by atoms with Gasteiger partial charge in [0.05, 0.1) is 0 Å². The predicted molar refractivity (Wildman–Crippen MR) is 83.6 cm³/mol. The molecule has 0 aromatic heterocycles. The Hall–Kier alpha value is -1.35. The highest BCUT2D eigenvalue weighted by Crippen LogP contribution is 2.27. The Bertz CT molecular complexity index is 436. The standard InChI is InChI=1S/C17H26N2O/c1-19(16-11-7-6-10-15(16)13-18)17(20)12-14-8-4-2-3-5-9-14/h6-7,10-11,14H,2-5,8-9,12-13,18H2,1H3. The van der Waals surface area contributed by atoms with Gasteiger partial charge in [0.1, 0.15) is 0 Å². The summed E-state index contributed by atoms with van der Waals surface area (Å²) in [5.41, 5.74) is 7.74. The van der Waals surface area contributed by atoms with Crippen molar-refractivity contribution in [2.45, 2.75) is 51.5 Å². The van der Waals surface area contributed by atoms with E-state index >= 15 is 0 Å². The van der Waals surface area contributed by atoms with Gasteiger partial charge in [0.25, 0.3) is 0 Å². The highest BCUT2D eigenvalue weighted by Gasteiger charge is 2.20. The molecule has 0 saturated heterocycles. The Morgan fingerprint density at radius 1 is 1.20 bits per heavy atom. The molecule has 3 heteroatoms. The van der Waals surface area contributed by atoms with E-state index in [2.05, 4.69) is 0 Å². The summed E-state index contributed by atoms with van der Waals surface area (Å²) in [7, 11) is 1.87. The van der Waals surface area contributed by atoms with E-state index < -0.39 is 0 Å². The largest absolute Gasteiger partial charge is 0.326 e. The normalized spacial score (nSPS) is 16.7. The number of hydrogen-bond donors (Lipinski definition) is 1. The number of benzene rings is 1. The van der Waals surface area contributed by atoms with E-state index in [0.29, 0.717) is 18.9 Å². The number of amides is 1. The Morgan fingerprint density at radius 2 is 1.85 bits per heavy atom. The second kappa shape index (κ2) is 7.44. The first-order valence-electron chi connectivity index (χ1n) is 7.77. The molecule has 1 amide bonds. The molecular weight excluding hydrogens is 248 g/mol. The van der Waals surface area contributed by atoms with Crippen LogP contribution in [0.1, 0.15) is 50.5 Å². The van der Waals surface area contributed by atoms with E-state index in [0.717, 1.165) is 11.3 Å². The average molecular weight is 274 g/mol. The molecular formula is C17H26N2O. The molecule has 0 unspecified atom stereocenters. The lowest BCUT2D eigenvalue weighted by Gasteiger charge is -2.23. The van der Waals surface area contributed by atoms with Gasteiger partial charge in [-0.1, -0.05) is 43.9 Å². The third-order valence-electron chi connectivity index (χ3n) is 4.39. The number of rotatable bonds is 4. The van der Waals surface area contributed by atoms with Crippen LogP contribution in [0.25, 0.3) is 0 Å². The van der Waals surface area contributed by atoms with E-state index in [-0.39, 0.29) is 5.91 Å². The molecule has 1 aromatic carbocycles. The van der Waals surface area contributed by atoms with Crippen molar-refractivity contribution in [1.82, 2.24) is 0 Å². The fraction of sp³-hybridized carbons (Fsp3) is 0.588. The topological polar surface area (TPSA) is 46.3 Å². The van der Waals surface area contributed by atoms with Crippen molar-refractivity contribution in [3.05, 3.63) is 29.8 Å². The molecule has 0 heterocycles. The van der Waals surface area contributed by atoms with Crippen LogP contribution in [0, 0.1) is 5.92 Å². The minimum atomic E-state index is 0.220. The molecule has 2 rings (SSSR count). The summed E-state index contributed by atoms with van der Waals surface area (Å²) in [6.07, 6.45) is 8.31. The summed E-state index contributed by atoms with van der Waals surface area (Å²) in [6, 6.07) is 7.90.